The highest BCUT2D eigenvalue weighted by Gasteiger charge is 2.12. The van der Waals surface area contributed by atoms with Gasteiger partial charge in [-0.05, 0) is 36.8 Å². The minimum absolute atomic E-state index is 0.0753. The molecular weight excluding hydrogens is 304 g/mol. The SMILES string of the molecule is CCOc1ccccc1C(=O)Cc1ccc(Br)cc1. The second-order valence-corrected chi connectivity index (χ2v) is 5.07. The van der Waals surface area contributed by atoms with Crippen LogP contribution in [0, 0.1) is 0 Å². The lowest BCUT2D eigenvalue weighted by atomic mass is 10.0. The highest BCUT2D eigenvalue weighted by Crippen LogP contribution is 2.20. The van der Waals surface area contributed by atoms with Crippen LogP contribution in [-0.2, 0) is 6.42 Å². The van der Waals surface area contributed by atoms with E-state index in [2.05, 4.69) is 15.9 Å². The lowest BCUT2D eigenvalue weighted by molar-refractivity contribution is 0.0989. The largest absolute Gasteiger partial charge is 0.493 e. The van der Waals surface area contributed by atoms with Gasteiger partial charge >= 0.3 is 0 Å². The number of ether oxygens (including phenoxy) is 1. The third-order valence-electron chi connectivity index (χ3n) is 2.77. The van der Waals surface area contributed by atoms with Gasteiger partial charge in [-0.3, -0.25) is 4.79 Å². The molecule has 0 saturated heterocycles. The molecule has 0 N–H and O–H groups in total. The van der Waals surface area contributed by atoms with E-state index in [1.807, 2.05) is 55.5 Å². The molecule has 0 atom stereocenters. The molecular formula is C16H15BrO2. The van der Waals surface area contributed by atoms with Gasteiger partial charge in [0.1, 0.15) is 5.75 Å². The summed E-state index contributed by atoms with van der Waals surface area (Å²) in [6, 6.07) is 15.2. The highest BCUT2D eigenvalue weighted by atomic mass is 79.9. The van der Waals surface area contributed by atoms with Gasteiger partial charge in [0.15, 0.2) is 5.78 Å². The van der Waals surface area contributed by atoms with E-state index < -0.39 is 0 Å². The molecule has 19 heavy (non-hydrogen) atoms. The number of carbonyl (C=O) groups is 1. The Kier molecular flexibility index (Phi) is 4.74. The number of hydrogen-bond donors (Lipinski definition) is 0. The molecule has 0 aliphatic heterocycles. The average molecular weight is 319 g/mol. The number of carbonyl (C=O) groups excluding carboxylic acids is 1. The Labute approximate surface area is 121 Å². The first-order valence-electron chi connectivity index (χ1n) is 6.20. The molecule has 0 aliphatic rings. The molecule has 0 aliphatic carbocycles. The minimum atomic E-state index is 0.0753. The number of hydrogen-bond acceptors (Lipinski definition) is 2. The number of para-hydroxylation sites is 1. The molecule has 0 heterocycles. The Balaban J connectivity index is 2.18. The quantitative estimate of drug-likeness (QED) is 0.769. The summed E-state index contributed by atoms with van der Waals surface area (Å²) in [6.07, 6.45) is 0.386. The highest BCUT2D eigenvalue weighted by molar-refractivity contribution is 9.10. The Bertz CT molecular complexity index is 561. The fourth-order valence-corrected chi connectivity index (χ4v) is 2.13. The Hall–Kier alpha value is -1.61. The van der Waals surface area contributed by atoms with Crippen molar-refractivity contribution in [3.05, 3.63) is 64.1 Å². The number of ketones is 1. The predicted molar refractivity (Wildman–Crippen MR) is 79.8 cm³/mol. The normalized spacial score (nSPS) is 10.2. The number of rotatable bonds is 5. The molecule has 98 valence electrons. The Morgan fingerprint density at radius 2 is 1.79 bits per heavy atom. The molecule has 2 aromatic carbocycles. The van der Waals surface area contributed by atoms with E-state index >= 15 is 0 Å². The fraction of sp³-hybridized carbons (Fsp3) is 0.188. The van der Waals surface area contributed by atoms with Crippen LogP contribution in [0.5, 0.6) is 5.75 Å². The molecule has 2 rings (SSSR count). The first kappa shape index (κ1) is 13.8. The van der Waals surface area contributed by atoms with E-state index in [1.165, 1.54) is 0 Å². The van der Waals surface area contributed by atoms with Gasteiger partial charge in [-0.1, -0.05) is 40.2 Å². The lowest BCUT2D eigenvalue weighted by Crippen LogP contribution is -2.06. The second-order valence-electron chi connectivity index (χ2n) is 4.16. The summed E-state index contributed by atoms with van der Waals surface area (Å²) >= 11 is 3.38. The molecule has 0 radical (unpaired) electrons. The van der Waals surface area contributed by atoms with Crippen molar-refractivity contribution < 1.29 is 9.53 Å². The van der Waals surface area contributed by atoms with Crippen molar-refractivity contribution in [2.75, 3.05) is 6.61 Å². The topological polar surface area (TPSA) is 26.3 Å². The van der Waals surface area contributed by atoms with E-state index in [0.717, 1.165) is 10.0 Å². The standard InChI is InChI=1S/C16H15BrO2/c1-2-19-16-6-4-3-5-14(16)15(18)11-12-7-9-13(17)10-8-12/h3-10H,2,11H2,1H3. The smallest absolute Gasteiger partial charge is 0.170 e. The Morgan fingerprint density at radius 3 is 2.47 bits per heavy atom. The molecule has 0 saturated carbocycles. The van der Waals surface area contributed by atoms with Crippen LogP contribution in [0.2, 0.25) is 0 Å². The summed E-state index contributed by atoms with van der Waals surface area (Å²) in [7, 11) is 0. The van der Waals surface area contributed by atoms with Crippen molar-refractivity contribution >= 4 is 21.7 Å². The summed E-state index contributed by atoms with van der Waals surface area (Å²) in [5.74, 6) is 0.735. The van der Waals surface area contributed by atoms with Crippen molar-refractivity contribution in [1.29, 1.82) is 0 Å². The lowest BCUT2D eigenvalue weighted by Gasteiger charge is -2.09. The van der Waals surface area contributed by atoms with E-state index in [0.29, 0.717) is 24.3 Å². The number of halogens is 1. The molecule has 0 spiro atoms. The van der Waals surface area contributed by atoms with Gasteiger partial charge < -0.3 is 4.74 Å². The van der Waals surface area contributed by atoms with Crippen LogP contribution < -0.4 is 4.74 Å². The number of benzene rings is 2. The van der Waals surface area contributed by atoms with Gasteiger partial charge in [0.25, 0.3) is 0 Å². The zero-order chi connectivity index (χ0) is 13.7. The van der Waals surface area contributed by atoms with Crippen molar-refractivity contribution in [2.24, 2.45) is 0 Å². The van der Waals surface area contributed by atoms with Crippen LogP contribution in [0.25, 0.3) is 0 Å². The molecule has 0 unspecified atom stereocenters. The maximum absolute atomic E-state index is 12.3. The van der Waals surface area contributed by atoms with Crippen LogP contribution >= 0.6 is 15.9 Å². The monoisotopic (exact) mass is 318 g/mol. The van der Waals surface area contributed by atoms with Crippen molar-refractivity contribution in [3.63, 3.8) is 0 Å². The summed E-state index contributed by atoms with van der Waals surface area (Å²) in [5, 5.41) is 0. The minimum Gasteiger partial charge on any atom is -0.493 e. The van der Waals surface area contributed by atoms with Gasteiger partial charge in [-0.2, -0.15) is 0 Å². The van der Waals surface area contributed by atoms with Crippen LogP contribution in [0.3, 0.4) is 0 Å². The molecule has 2 aromatic rings. The van der Waals surface area contributed by atoms with Crippen molar-refractivity contribution in [2.45, 2.75) is 13.3 Å². The summed E-state index contributed by atoms with van der Waals surface area (Å²) in [5.41, 5.74) is 1.65. The van der Waals surface area contributed by atoms with Crippen LogP contribution in [0.4, 0.5) is 0 Å². The van der Waals surface area contributed by atoms with E-state index in [1.54, 1.807) is 0 Å². The first-order chi connectivity index (χ1) is 9.20. The molecule has 0 fully saturated rings. The van der Waals surface area contributed by atoms with Gasteiger partial charge in [-0.25, -0.2) is 0 Å². The van der Waals surface area contributed by atoms with E-state index in [9.17, 15) is 4.79 Å². The molecule has 0 amide bonds. The fourth-order valence-electron chi connectivity index (χ4n) is 1.86. The second kappa shape index (κ2) is 6.53. The zero-order valence-corrected chi connectivity index (χ0v) is 12.3. The third-order valence-corrected chi connectivity index (χ3v) is 3.29. The van der Waals surface area contributed by atoms with Crippen molar-refractivity contribution in [3.8, 4) is 5.75 Å². The van der Waals surface area contributed by atoms with Gasteiger partial charge in [0.05, 0.1) is 12.2 Å². The van der Waals surface area contributed by atoms with Crippen molar-refractivity contribution in [1.82, 2.24) is 0 Å². The van der Waals surface area contributed by atoms with E-state index in [4.69, 9.17) is 4.74 Å². The summed E-state index contributed by atoms with van der Waals surface area (Å²) in [4.78, 5) is 12.3. The average Bonchev–Trinajstić information content (AvgIpc) is 2.42. The van der Waals surface area contributed by atoms with Gasteiger partial charge in [0, 0.05) is 10.9 Å². The molecule has 2 nitrogen and oxygen atoms in total. The maximum atomic E-state index is 12.3. The maximum Gasteiger partial charge on any atom is 0.170 e. The molecule has 0 bridgehead atoms. The summed E-state index contributed by atoms with van der Waals surface area (Å²) in [6.45, 7) is 2.47. The third kappa shape index (κ3) is 3.67. The Morgan fingerprint density at radius 1 is 1.11 bits per heavy atom. The summed E-state index contributed by atoms with van der Waals surface area (Å²) < 4.78 is 6.50. The van der Waals surface area contributed by atoms with E-state index in [-0.39, 0.29) is 5.78 Å². The molecule has 0 aromatic heterocycles. The van der Waals surface area contributed by atoms with Gasteiger partial charge in [0.2, 0.25) is 0 Å². The molecule has 3 heteroatoms. The van der Waals surface area contributed by atoms with Gasteiger partial charge in [-0.15, -0.1) is 0 Å². The first-order valence-corrected chi connectivity index (χ1v) is 6.99. The zero-order valence-electron chi connectivity index (χ0n) is 10.7. The predicted octanol–water partition coefficient (Wildman–Crippen LogP) is 4.27. The number of Topliss-reactive ketones (excluding diaryl/α,β-unsaturated/α-hetero) is 1. The van der Waals surface area contributed by atoms with Crippen LogP contribution in [0.15, 0.2) is 53.0 Å². The van der Waals surface area contributed by atoms with Crippen LogP contribution in [-0.4, -0.2) is 12.4 Å². The van der Waals surface area contributed by atoms with Crippen LogP contribution in [0.1, 0.15) is 22.8 Å².